The molecule has 1 fully saturated rings. The first kappa shape index (κ1) is 15.4. The molecule has 110 valence electrons. The molecule has 1 aromatic heterocycles. The molecule has 0 bridgehead atoms. The Hall–Kier alpha value is -0.940. The number of hydrogen-bond donors (Lipinski definition) is 1. The Morgan fingerprint density at radius 1 is 1.55 bits per heavy atom. The van der Waals surface area contributed by atoms with Crippen molar-refractivity contribution in [3.8, 4) is 0 Å². The first-order chi connectivity index (χ1) is 9.56. The first-order valence-electron chi connectivity index (χ1n) is 7.19. The molecule has 2 heterocycles. The maximum Gasteiger partial charge on any atom is 0.255 e. The molecular formula is C15H22BrN3O. The van der Waals surface area contributed by atoms with E-state index in [4.69, 9.17) is 0 Å². The SMILES string of the molecule is CC(C)CN(CC1CCCN1)C(=O)c1cncc(Br)c1. The van der Waals surface area contributed by atoms with Crippen molar-refractivity contribution in [2.24, 2.45) is 5.92 Å². The number of rotatable bonds is 5. The average molecular weight is 340 g/mol. The maximum atomic E-state index is 12.7. The van der Waals surface area contributed by atoms with Crippen molar-refractivity contribution in [2.75, 3.05) is 19.6 Å². The van der Waals surface area contributed by atoms with Gasteiger partial charge in [0.25, 0.3) is 5.91 Å². The molecule has 1 amide bonds. The monoisotopic (exact) mass is 339 g/mol. The number of pyridine rings is 1. The van der Waals surface area contributed by atoms with Crippen LogP contribution in [0, 0.1) is 5.92 Å². The summed E-state index contributed by atoms with van der Waals surface area (Å²) in [6.45, 7) is 6.91. The standard InChI is InChI=1S/C15H22BrN3O/c1-11(2)9-19(10-14-4-3-5-18-14)15(20)12-6-13(16)8-17-7-12/h6-8,11,14,18H,3-5,9-10H2,1-2H3. The van der Waals surface area contributed by atoms with Crippen molar-refractivity contribution in [1.82, 2.24) is 15.2 Å². The second-order valence-electron chi connectivity index (χ2n) is 5.79. The van der Waals surface area contributed by atoms with Gasteiger partial charge in [-0.2, -0.15) is 0 Å². The van der Waals surface area contributed by atoms with Gasteiger partial charge in [-0.05, 0) is 47.3 Å². The number of carbonyl (C=O) groups excluding carboxylic acids is 1. The molecule has 1 unspecified atom stereocenters. The zero-order valence-corrected chi connectivity index (χ0v) is 13.7. The number of hydrogen-bond acceptors (Lipinski definition) is 3. The van der Waals surface area contributed by atoms with Gasteiger partial charge in [-0.1, -0.05) is 13.8 Å². The fourth-order valence-corrected chi connectivity index (χ4v) is 2.94. The second kappa shape index (κ2) is 7.18. The summed E-state index contributed by atoms with van der Waals surface area (Å²) in [4.78, 5) is 18.7. The molecule has 1 atom stereocenters. The minimum Gasteiger partial charge on any atom is -0.337 e. The predicted octanol–water partition coefficient (Wildman–Crippen LogP) is 2.69. The van der Waals surface area contributed by atoms with Crippen LogP contribution < -0.4 is 5.32 Å². The summed E-state index contributed by atoms with van der Waals surface area (Å²) in [6.07, 6.45) is 5.69. The van der Waals surface area contributed by atoms with Crippen molar-refractivity contribution in [1.29, 1.82) is 0 Å². The predicted molar refractivity (Wildman–Crippen MR) is 83.7 cm³/mol. The van der Waals surface area contributed by atoms with E-state index in [1.54, 1.807) is 12.4 Å². The second-order valence-corrected chi connectivity index (χ2v) is 6.70. The van der Waals surface area contributed by atoms with Crippen molar-refractivity contribution in [3.05, 3.63) is 28.5 Å². The third-order valence-corrected chi connectivity index (χ3v) is 3.86. The van der Waals surface area contributed by atoms with Crippen LogP contribution in [0.2, 0.25) is 0 Å². The summed E-state index contributed by atoms with van der Waals surface area (Å²) < 4.78 is 0.840. The lowest BCUT2D eigenvalue weighted by Crippen LogP contribution is -2.42. The lowest BCUT2D eigenvalue weighted by atomic mass is 10.1. The van der Waals surface area contributed by atoms with Gasteiger partial charge in [-0.25, -0.2) is 0 Å². The van der Waals surface area contributed by atoms with Crippen LogP contribution in [0.25, 0.3) is 0 Å². The summed E-state index contributed by atoms with van der Waals surface area (Å²) >= 11 is 3.37. The summed E-state index contributed by atoms with van der Waals surface area (Å²) in [6, 6.07) is 2.27. The minimum atomic E-state index is 0.0706. The van der Waals surface area contributed by atoms with Gasteiger partial charge in [0.1, 0.15) is 0 Å². The molecule has 0 aromatic carbocycles. The van der Waals surface area contributed by atoms with E-state index in [0.29, 0.717) is 17.5 Å². The molecule has 0 spiro atoms. The Kier molecular flexibility index (Phi) is 5.54. The Balaban J connectivity index is 2.10. The highest BCUT2D eigenvalue weighted by atomic mass is 79.9. The van der Waals surface area contributed by atoms with E-state index >= 15 is 0 Å². The van der Waals surface area contributed by atoms with Gasteiger partial charge in [0.2, 0.25) is 0 Å². The topological polar surface area (TPSA) is 45.2 Å². The molecule has 1 aliphatic heterocycles. The molecule has 0 radical (unpaired) electrons. The summed E-state index contributed by atoms with van der Waals surface area (Å²) in [5.41, 5.74) is 0.651. The normalized spacial score (nSPS) is 18.5. The van der Waals surface area contributed by atoms with Gasteiger partial charge in [0.15, 0.2) is 0 Å². The van der Waals surface area contributed by atoms with E-state index in [1.807, 2.05) is 11.0 Å². The lowest BCUT2D eigenvalue weighted by Gasteiger charge is -2.27. The van der Waals surface area contributed by atoms with Gasteiger partial charge < -0.3 is 10.2 Å². The van der Waals surface area contributed by atoms with Gasteiger partial charge >= 0.3 is 0 Å². The van der Waals surface area contributed by atoms with E-state index in [0.717, 1.165) is 30.5 Å². The largest absolute Gasteiger partial charge is 0.337 e. The van der Waals surface area contributed by atoms with Crippen LogP contribution in [-0.4, -0.2) is 41.5 Å². The van der Waals surface area contributed by atoms with Crippen LogP contribution in [-0.2, 0) is 0 Å². The Morgan fingerprint density at radius 2 is 2.35 bits per heavy atom. The van der Waals surface area contributed by atoms with Crippen molar-refractivity contribution >= 4 is 21.8 Å². The molecule has 1 aromatic rings. The quantitative estimate of drug-likeness (QED) is 0.896. The molecule has 0 saturated carbocycles. The van der Waals surface area contributed by atoms with E-state index in [2.05, 4.69) is 40.1 Å². The number of nitrogens with zero attached hydrogens (tertiary/aromatic N) is 2. The molecular weight excluding hydrogens is 318 g/mol. The van der Waals surface area contributed by atoms with Crippen LogP contribution in [0.4, 0.5) is 0 Å². The summed E-state index contributed by atoms with van der Waals surface area (Å²) in [7, 11) is 0. The Labute approximate surface area is 129 Å². The molecule has 0 aliphatic carbocycles. The van der Waals surface area contributed by atoms with E-state index in [9.17, 15) is 4.79 Å². The van der Waals surface area contributed by atoms with E-state index in [1.165, 1.54) is 6.42 Å². The summed E-state index contributed by atoms with van der Waals surface area (Å²) in [5, 5.41) is 3.46. The molecule has 5 heteroatoms. The fourth-order valence-electron chi connectivity index (χ4n) is 2.57. The highest BCUT2D eigenvalue weighted by molar-refractivity contribution is 9.10. The molecule has 1 saturated heterocycles. The fraction of sp³-hybridized carbons (Fsp3) is 0.600. The van der Waals surface area contributed by atoms with Crippen LogP contribution in [0.15, 0.2) is 22.9 Å². The Morgan fingerprint density at radius 3 is 2.95 bits per heavy atom. The lowest BCUT2D eigenvalue weighted by molar-refractivity contribution is 0.0721. The average Bonchev–Trinajstić information content (AvgIpc) is 2.89. The van der Waals surface area contributed by atoms with Crippen LogP contribution in [0.5, 0.6) is 0 Å². The number of amides is 1. The third-order valence-electron chi connectivity index (χ3n) is 3.43. The minimum absolute atomic E-state index is 0.0706. The molecule has 1 aliphatic rings. The molecule has 1 N–H and O–H groups in total. The van der Waals surface area contributed by atoms with Crippen molar-refractivity contribution in [2.45, 2.75) is 32.7 Å². The van der Waals surface area contributed by atoms with Crippen molar-refractivity contribution < 1.29 is 4.79 Å². The van der Waals surface area contributed by atoms with E-state index in [-0.39, 0.29) is 5.91 Å². The maximum absolute atomic E-state index is 12.7. The molecule has 4 nitrogen and oxygen atoms in total. The first-order valence-corrected chi connectivity index (χ1v) is 7.98. The van der Waals surface area contributed by atoms with Crippen molar-refractivity contribution in [3.63, 3.8) is 0 Å². The highest BCUT2D eigenvalue weighted by Crippen LogP contribution is 2.15. The van der Waals surface area contributed by atoms with Crippen LogP contribution in [0.1, 0.15) is 37.0 Å². The number of nitrogens with one attached hydrogen (secondary N) is 1. The number of aromatic nitrogens is 1. The Bertz CT molecular complexity index is 458. The summed E-state index contributed by atoms with van der Waals surface area (Å²) in [5.74, 6) is 0.529. The molecule has 20 heavy (non-hydrogen) atoms. The van der Waals surface area contributed by atoms with Gasteiger partial charge in [0.05, 0.1) is 5.56 Å². The van der Waals surface area contributed by atoms with Crippen LogP contribution >= 0.6 is 15.9 Å². The number of carbonyl (C=O) groups is 1. The van der Waals surface area contributed by atoms with Gasteiger partial charge in [-0.15, -0.1) is 0 Å². The van der Waals surface area contributed by atoms with Crippen LogP contribution in [0.3, 0.4) is 0 Å². The van der Waals surface area contributed by atoms with Gasteiger partial charge in [0, 0.05) is 36.0 Å². The highest BCUT2D eigenvalue weighted by Gasteiger charge is 2.23. The smallest absolute Gasteiger partial charge is 0.255 e. The molecule has 2 rings (SSSR count). The number of halogens is 1. The zero-order chi connectivity index (χ0) is 14.5. The van der Waals surface area contributed by atoms with Gasteiger partial charge in [-0.3, -0.25) is 9.78 Å². The third kappa shape index (κ3) is 4.28. The zero-order valence-electron chi connectivity index (χ0n) is 12.1. The van der Waals surface area contributed by atoms with E-state index < -0.39 is 0 Å².